The number of nitrogens with zero attached hydrogens (tertiary/aromatic N) is 1. The molecule has 3 saturated carbocycles. The van der Waals surface area contributed by atoms with E-state index >= 15 is 0 Å². The molecule has 0 atom stereocenters. The minimum absolute atomic E-state index is 0.0472. The molecule has 1 aliphatic heterocycles. The SMILES string of the molecule is CC1(C)CC(=O)C2(CN(C3CCCCC3)CC3(C2)C(=O)CC(C)(C)CC3=O)C(=O)C1. The van der Waals surface area contributed by atoms with E-state index in [1.54, 1.807) is 0 Å². The van der Waals surface area contributed by atoms with E-state index in [1.165, 1.54) is 6.42 Å². The first kappa shape index (κ1) is 21.9. The molecule has 0 aromatic heterocycles. The average Bonchev–Trinajstić information content (AvgIpc) is 2.64. The molecule has 1 heterocycles. The molecule has 0 aromatic rings. The van der Waals surface area contributed by atoms with Crippen molar-refractivity contribution in [3.8, 4) is 0 Å². The van der Waals surface area contributed by atoms with Gasteiger partial charge in [0.2, 0.25) is 0 Å². The Morgan fingerprint density at radius 2 is 1.00 bits per heavy atom. The molecule has 0 unspecified atom stereocenters. The van der Waals surface area contributed by atoms with Gasteiger partial charge in [-0.2, -0.15) is 0 Å². The van der Waals surface area contributed by atoms with Crippen molar-refractivity contribution in [1.29, 1.82) is 0 Å². The largest absolute Gasteiger partial charge is 0.299 e. The summed E-state index contributed by atoms with van der Waals surface area (Å²) in [5.74, 6) is -0.189. The molecule has 0 N–H and O–H groups in total. The van der Waals surface area contributed by atoms with Crippen LogP contribution >= 0.6 is 0 Å². The Labute approximate surface area is 180 Å². The maximum Gasteiger partial charge on any atom is 0.148 e. The zero-order valence-electron chi connectivity index (χ0n) is 19.1. The van der Waals surface area contributed by atoms with Gasteiger partial charge >= 0.3 is 0 Å². The molecular formula is C25H37NO4. The van der Waals surface area contributed by atoms with Crippen LogP contribution in [0.5, 0.6) is 0 Å². The molecule has 0 amide bonds. The summed E-state index contributed by atoms with van der Waals surface area (Å²) in [6.45, 7) is 8.66. The standard InChI is InChI=1S/C25H37NO4/c1-22(2)10-18(27)24(19(28)11-22)14-25(20(29)12-23(3,4)13-21(25)30)16-26(15-24)17-8-6-5-7-9-17/h17H,5-16H2,1-4H3. The lowest BCUT2D eigenvalue weighted by molar-refractivity contribution is -0.168. The van der Waals surface area contributed by atoms with Crippen molar-refractivity contribution >= 4 is 23.1 Å². The van der Waals surface area contributed by atoms with Gasteiger partial charge in [-0.1, -0.05) is 47.0 Å². The van der Waals surface area contributed by atoms with Gasteiger partial charge in [0, 0.05) is 44.8 Å². The number of Topliss-reactive ketones (excluding diaryl/α,β-unsaturated/α-hetero) is 4. The van der Waals surface area contributed by atoms with E-state index < -0.39 is 10.8 Å². The molecular weight excluding hydrogens is 378 g/mol. The van der Waals surface area contributed by atoms with Crippen LogP contribution in [0.25, 0.3) is 0 Å². The zero-order valence-corrected chi connectivity index (χ0v) is 19.1. The van der Waals surface area contributed by atoms with Gasteiger partial charge in [-0.15, -0.1) is 0 Å². The number of hydrogen-bond donors (Lipinski definition) is 0. The van der Waals surface area contributed by atoms with Crippen molar-refractivity contribution < 1.29 is 19.2 Å². The van der Waals surface area contributed by atoms with Gasteiger partial charge in [0.05, 0.1) is 0 Å². The van der Waals surface area contributed by atoms with Crippen LogP contribution in [0.4, 0.5) is 0 Å². The van der Waals surface area contributed by atoms with Crippen LogP contribution < -0.4 is 0 Å². The van der Waals surface area contributed by atoms with Crippen molar-refractivity contribution in [3.05, 3.63) is 0 Å². The average molecular weight is 416 g/mol. The number of piperidine rings is 1. The van der Waals surface area contributed by atoms with Gasteiger partial charge in [0.15, 0.2) is 0 Å². The molecule has 4 rings (SSSR count). The van der Waals surface area contributed by atoms with Crippen molar-refractivity contribution in [2.75, 3.05) is 13.1 Å². The highest BCUT2D eigenvalue weighted by molar-refractivity contribution is 6.15. The second kappa shape index (κ2) is 7.08. The highest BCUT2D eigenvalue weighted by atomic mass is 16.2. The lowest BCUT2D eigenvalue weighted by Crippen LogP contribution is -2.68. The van der Waals surface area contributed by atoms with Crippen molar-refractivity contribution in [3.63, 3.8) is 0 Å². The predicted molar refractivity (Wildman–Crippen MR) is 114 cm³/mol. The third-order valence-corrected chi connectivity index (χ3v) is 8.33. The summed E-state index contributed by atoms with van der Waals surface area (Å²) in [6.07, 6.45) is 7.02. The monoisotopic (exact) mass is 415 g/mol. The summed E-state index contributed by atoms with van der Waals surface area (Å²) in [5, 5.41) is 0. The fourth-order valence-corrected chi connectivity index (χ4v) is 6.68. The fraction of sp³-hybridized carbons (Fsp3) is 0.840. The van der Waals surface area contributed by atoms with Crippen molar-refractivity contribution in [1.82, 2.24) is 4.90 Å². The van der Waals surface area contributed by atoms with Crippen LogP contribution in [-0.4, -0.2) is 47.2 Å². The van der Waals surface area contributed by atoms with Crippen molar-refractivity contribution in [2.24, 2.45) is 21.7 Å². The van der Waals surface area contributed by atoms with E-state index in [0.717, 1.165) is 25.7 Å². The molecule has 2 spiro atoms. The first-order chi connectivity index (χ1) is 13.9. The van der Waals surface area contributed by atoms with Gasteiger partial charge in [0.25, 0.3) is 0 Å². The lowest BCUT2D eigenvalue weighted by Gasteiger charge is -2.56. The van der Waals surface area contributed by atoms with Gasteiger partial charge < -0.3 is 0 Å². The molecule has 166 valence electrons. The second-order valence-corrected chi connectivity index (χ2v) is 12.3. The minimum Gasteiger partial charge on any atom is -0.299 e. The molecule has 4 fully saturated rings. The normalized spacial score (nSPS) is 31.5. The Morgan fingerprint density at radius 1 is 0.633 bits per heavy atom. The highest BCUT2D eigenvalue weighted by Gasteiger charge is 2.64. The molecule has 0 bridgehead atoms. The lowest BCUT2D eigenvalue weighted by atomic mass is 9.51. The quantitative estimate of drug-likeness (QED) is 0.607. The third-order valence-electron chi connectivity index (χ3n) is 8.33. The van der Waals surface area contributed by atoms with E-state index in [9.17, 15) is 19.2 Å². The van der Waals surface area contributed by atoms with Gasteiger partial charge in [-0.25, -0.2) is 0 Å². The summed E-state index contributed by atoms with van der Waals surface area (Å²) in [5.41, 5.74) is -3.05. The summed E-state index contributed by atoms with van der Waals surface area (Å²) in [7, 11) is 0. The topological polar surface area (TPSA) is 71.5 Å². The van der Waals surface area contributed by atoms with Crippen LogP contribution in [0.1, 0.15) is 91.9 Å². The number of hydrogen-bond acceptors (Lipinski definition) is 5. The van der Waals surface area contributed by atoms with Crippen LogP contribution in [0, 0.1) is 21.7 Å². The van der Waals surface area contributed by atoms with Gasteiger partial charge in [-0.05, 0) is 30.1 Å². The Kier molecular flexibility index (Phi) is 5.16. The predicted octanol–water partition coefficient (Wildman–Crippen LogP) is 3.91. The van der Waals surface area contributed by atoms with E-state index in [4.69, 9.17) is 0 Å². The van der Waals surface area contributed by atoms with E-state index in [0.29, 0.717) is 38.8 Å². The van der Waals surface area contributed by atoms with Crippen molar-refractivity contribution in [2.45, 2.75) is 97.9 Å². The number of ketones is 4. The highest BCUT2D eigenvalue weighted by Crippen LogP contribution is 2.54. The molecule has 0 radical (unpaired) electrons. The Bertz CT molecular complexity index is 691. The Hall–Kier alpha value is -1.36. The minimum atomic E-state index is -1.18. The van der Waals surface area contributed by atoms with Gasteiger partial charge in [0.1, 0.15) is 34.0 Å². The molecule has 4 aliphatic rings. The fourth-order valence-electron chi connectivity index (χ4n) is 6.68. The maximum atomic E-state index is 13.5. The first-order valence-electron chi connectivity index (χ1n) is 11.8. The van der Waals surface area contributed by atoms with E-state index in [1.807, 2.05) is 27.7 Å². The summed E-state index contributed by atoms with van der Waals surface area (Å²) >= 11 is 0. The molecule has 30 heavy (non-hydrogen) atoms. The summed E-state index contributed by atoms with van der Waals surface area (Å²) < 4.78 is 0. The molecule has 5 heteroatoms. The summed E-state index contributed by atoms with van der Waals surface area (Å²) in [6, 6.07) is 0.263. The Balaban J connectivity index is 1.77. The van der Waals surface area contributed by atoms with Crippen LogP contribution in [-0.2, 0) is 19.2 Å². The van der Waals surface area contributed by atoms with Gasteiger partial charge in [-0.3, -0.25) is 24.1 Å². The molecule has 1 saturated heterocycles. The second-order valence-electron chi connectivity index (χ2n) is 12.3. The Morgan fingerprint density at radius 3 is 1.37 bits per heavy atom. The maximum absolute atomic E-state index is 13.5. The van der Waals surface area contributed by atoms with Crippen LogP contribution in [0.15, 0.2) is 0 Å². The number of carbonyl (C=O) groups excluding carboxylic acids is 4. The van der Waals surface area contributed by atoms with Crippen LogP contribution in [0.3, 0.4) is 0 Å². The van der Waals surface area contributed by atoms with Crippen LogP contribution in [0.2, 0.25) is 0 Å². The number of likely N-dealkylation sites (tertiary alicyclic amines) is 1. The molecule has 0 aromatic carbocycles. The number of carbonyl (C=O) groups is 4. The third kappa shape index (κ3) is 3.51. The van der Waals surface area contributed by atoms with E-state index in [-0.39, 0.29) is 46.4 Å². The molecule has 5 nitrogen and oxygen atoms in total. The molecule has 3 aliphatic carbocycles. The van der Waals surface area contributed by atoms with E-state index in [2.05, 4.69) is 4.90 Å². The first-order valence-corrected chi connectivity index (χ1v) is 11.8. The zero-order chi connectivity index (χ0) is 21.9. The smallest absolute Gasteiger partial charge is 0.148 e. The summed E-state index contributed by atoms with van der Waals surface area (Å²) in [4.78, 5) is 56.3. The number of rotatable bonds is 1.